The van der Waals surface area contributed by atoms with Crippen molar-refractivity contribution in [2.45, 2.75) is 31.3 Å². The van der Waals surface area contributed by atoms with Gasteiger partial charge in [0.2, 0.25) is 5.91 Å². The Morgan fingerprint density at radius 2 is 2.22 bits per heavy atom. The third-order valence-corrected chi connectivity index (χ3v) is 7.02. The van der Waals surface area contributed by atoms with Gasteiger partial charge in [-0.2, -0.15) is 11.8 Å². The van der Waals surface area contributed by atoms with Crippen molar-refractivity contribution in [3.05, 3.63) is 0 Å². The van der Waals surface area contributed by atoms with E-state index in [1.807, 2.05) is 11.8 Å². The Hall–Kier alpha value is -0.0200. The normalized spacial score (nSPS) is 26.5. The molecule has 23 heavy (non-hydrogen) atoms. The average molecular weight is 387 g/mol. The van der Waals surface area contributed by atoms with Crippen LogP contribution in [-0.2, 0) is 19.4 Å². The summed E-state index contributed by atoms with van der Waals surface area (Å²) in [6.07, 6.45) is 1.76. The molecule has 2 unspecified atom stereocenters. The van der Waals surface area contributed by atoms with Crippen LogP contribution in [0.15, 0.2) is 0 Å². The first-order valence-corrected chi connectivity index (χ1v) is 10.8. The lowest BCUT2D eigenvalue weighted by Crippen LogP contribution is -2.46. The predicted octanol–water partition coefficient (Wildman–Crippen LogP) is 0.556. The molecule has 0 bridgehead atoms. The van der Waals surface area contributed by atoms with Gasteiger partial charge in [0, 0.05) is 56.8 Å². The van der Waals surface area contributed by atoms with Crippen molar-refractivity contribution in [3.63, 3.8) is 0 Å². The Labute approximate surface area is 149 Å². The van der Waals surface area contributed by atoms with Crippen LogP contribution in [0.2, 0.25) is 0 Å². The number of nitrogens with one attached hydrogen (secondary N) is 1. The van der Waals surface area contributed by atoms with Crippen LogP contribution in [-0.4, -0.2) is 81.1 Å². The van der Waals surface area contributed by atoms with Crippen molar-refractivity contribution < 1.29 is 17.9 Å². The molecule has 0 aliphatic carbocycles. The molecule has 2 saturated heterocycles. The Morgan fingerprint density at radius 1 is 1.43 bits per heavy atom. The van der Waals surface area contributed by atoms with Crippen LogP contribution in [0.4, 0.5) is 0 Å². The van der Waals surface area contributed by atoms with E-state index in [0.29, 0.717) is 26.0 Å². The molecule has 2 aliphatic rings. The number of hydrogen-bond donors (Lipinski definition) is 1. The van der Waals surface area contributed by atoms with Crippen LogP contribution in [0.1, 0.15) is 19.3 Å². The second-order valence-corrected chi connectivity index (χ2v) is 9.30. The molecule has 0 aromatic heterocycles. The summed E-state index contributed by atoms with van der Waals surface area (Å²) in [7, 11) is -1.35. The van der Waals surface area contributed by atoms with Crippen LogP contribution in [0.25, 0.3) is 0 Å². The molecule has 2 aliphatic heterocycles. The maximum atomic E-state index is 12.6. The van der Waals surface area contributed by atoms with Gasteiger partial charge in [-0.15, -0.1) is 12.4 Å². The molecule has 2 rings (SSSR count). The second kappa shape index (κ2) is 10.1. The Kier molecular flexibility index (Phi) is 9.21. The molecule has 0 saturated carbocycles. The molecule has 2 atom stereocenters. The summed E-state index contributed by atoms with van der Waals surface area (Å²) in [6.45, 7) is 2.09. The van der Waals surface area contributed by atoms with Crippen molar-refractivity contribution in [1.29, 1.82) is 0 Å². The zero-order valence-electron chi connectivity index (χ0n) is 13.5. The quantitative estimate of drug-likeness (QED) is 0.644. The smallest absolute Gasteiger partial charge is 0.224 e. The van der Waals surface area contributed by atoms with Gasteiger partial charge in [-0.05, 0) is 12.8 Å². The lowest BCUT2D eigenvalue weighted by Gasteiger charge is -2.31. The minimum absolute atomic E-state index is 0. The molecule has 2 heterocycles. The van der Waals surface area contributed by atoms with E-state index in [0.717, 1.165) is 24.5 Å². The molecule has 2 fully saturated rings. The molecule has 6 nitrogen and oxygen atoms in total. The van der Waals surface area contributed by atoms with Crippen molar-refractivity contribution >= 4 is 39.9 Å². The van der Waals surface area contributed by atoms with E-state index in [-0.39, 0.29) is 41.9 Å². The molecule has 9 heteroatoms. The largest absolute Gasteiger partial charge is 0.385 e. The van der Waals surface area contributed by atoms with Crippen molar-refractivity contribution in [3.8, 4) is 0 Å². The molecule has 0 aromatic rings. The summed E-state index contributed by atoms with van der Waals surface area (Å²) in [5, 5.41) is 3.37. The standard InChI is InChI=1S/C14H26N2O4S2.ClH/c1-20-6-2-5-16(13-3-8-22(18,19)11-13)14(17)9-12-10-21-7-4-15-12;/h12-13,15H,2-11H2,1H3;1H. The third kappa shape index (κ3) is 6.78. The lowest BCUT2D eigenvalue weighted by molar-refractivity contribution is -0.133. The fraction of sp³-hybridized carbons (Fsp3) is 0.929. The van der Waals surface area contributed by atoms with E-state index in [2.05, 4.69) is 5.32 Å². The van der Waals surface area contributed by atoms with Crippen LogP contribution in [0.3, 0.4) is 0 Å². The lowest BCUT2D eigenvalue weighted by atomic mass is 10.1. The molecule has 136 valence electrons. The molecule has 1 N–H and O–H groups in total. The zero-order chi connectivity index (χ0) is 16.0. The minimum atomic E-state index is -2.98. The number of thioether (sulfide) groups is 1. The van der Waals surface area contributed by atoms with Gasteiger partial charge in [0.1, 0.15) is 0 Å². The van der Waals surface area contributed by atoms with E-state index >= 15 is 0 Å². The minimum Gasteiger partial charge on any atom is -0.385 e. The van der Waals surface area contributed by atoms with E-state index in [4.69, 9.17) is 4.74 Å². The number of ether oxygens (including phenoxy) is 1. The van der Waals surface area contributed by atoms with Gasteiger partial charge in [-0.3, -0.25) is 4.79 Å². The van der Waals surface area contributed by atoms with Gasteiger partial charge in [0.25, 0.3) is 0 Å². The Bertz CT molecular complexity index is 469. The first-order chi connectivity index (χ1) is 10.5. The highest BCUT2D eigenvalue weighted by molar-refractivity contribution is 7.99. The number of hydrogen-bond acceptors (Lipinski definition) is 6. The van der Waals surface area contributed by atoms with Crippen LogP contribution >= 0.6 is 24.2 Å². The van der Waals surface area contributed by atoms with Crippen LogP contribution in [0, 0.1) is 0 Å². The molecule has 0 radical (unpaired) electrons. The Balaban J connectivity index is 0.00000264. The van der Waals surface area contributed by atoms with Gasteiger partial charge < -0.3 is 15.0 Å². The third-order valence-electron chi connectivity index (χ3n) is 4.14. The highest BCUT2D eigenvalue weighted by Crippen LogP contribution is 2.20. The second-order valence-electron chi connectivity index (χ2n) is 5.92. The van der Waals surface area contributed by atoms with E-state index < -0.39 is 9.84 Å². The maximum absolute atomic E-state index is 12.6. The van der Waals surface area contributed by atoms with E-state index in [9.17, 15) is 13.2 Å². The summed E-state index contributed by atoms with van der Waals surface area (Å²) in [5.41, 5.74) is 0. The summed E-state index contributed by atoms with van der Waals surface area (Å²) < 4.78 is 28.5. The van der Waals surface area contributed by atoms with Crippen LogP contribution < -0.4 is 5.32 Å². The van der Waals surface area contributed by atoms with Gasteiger partial charge in [0.15, 0.2) is 9.84 Å². The fourth-order valence-corrected chi connectivity index (χ4v) is 5.67. The number of rotatable bonds is 7. The monoisotopic (exact) mass is 386 g/mol. The molecule has 0 aromatic carbocycles. The van der Waals surface area contributed by atoms with Crippen LogP contribution in [0.5, 0.6) is 0 Å². The topological polar surface area (TPSA) is 75.7 Å². The highest BCUT2D eigenvalue weighted by Gasteiger charge is 2.35. The highest BCUT2D eigenvalue weighted by atomic mass is 35.5. The average Bonchev–Trinajstić information content (AvgIpc) is 2.84. The van der Waals surface area contributed by atoms with E-state index in [1.54, 1.807) is 12.0 Å². The van der Waals surface area contributed by atoms with Crippen molar-refractivity contribution in [2.24, 2.45) is 0 Å². The number of nitrogens with zero attached hydrogens (tertiary/aromatic N) is 1. The van der Waals surface area contributed by atoms with Gasteiger partial charge in [-0.1, -0.05) is 0 Å². The number of sulfone groups is 1. The summed E-state index contributed by atoms with van der Waals surface area (Å²) >= 11 is 1.86. The van der Waals surface area contributed by atoms with Gasteiger partial charge in [0.05, 0.1) is 11.5 Å². The number of amides is 1. The first kappa shape index (κ1) is 21.0. The summed E-state index contributed by atoms with van der Waals surface area (Å²) in [5.74, 6) is 2.41. The summed E-state index contributed by atoms with van der Waals surface area (Å²) in [6, 6.07) is 0.0415. The molecular weight excluding hydrogens is 360 g/mol. The van der Waals surface area contributed by atoms with Crippen molar-refractivity contribution in [1.82, 2.24) is 10.2 Å². The van der Waals surface area contributed by atoms with E-state index in [1.165, 1.54) is 0 Å². The SMILES string of the molecule is COCCCN(C(=O)CC1CSCCN1)C1CCS(=O)(=O)C1.Cl. The molecule has 0 spiro atoms. The van der Waals surface area contributed by atoms with Crippen molar-refractivity contribution in [2.75, 3.05) is 49.8 Å². The fourth-order valence-electron chi connectivity index (χ4n) is 2.99. The number of carbonyl (C=O) groups excluding carboxylic acids is 1. The number of halogens is 1. The maximum Gasteiger partial charge on any atom is 0.224 e. The van der Waals surface area contributed by atoms with Gasteiger partial charge >= 0.3 is 0 Å². The first-order valence-electron chi connectivity index (χ1n) is 7.82. The zero-order valence-corrected chi connectivity index (χ0v) is 16.0. The number of methoxy groups -OCH3 is 1. The molecular formula is C14H27ClN2O4S2. The predicted molar refractivity (Wildman–Crippen MR) is 96.2 cm³/mol. The Morgan fingerprint density at radius 3 is 2.78 bits per heavy atom. The summed E-state index contributed by atoms with van der Waals surface area (Å²) in [4.78, 5) is 14.4. The number of carbonyl (C=O) groups is 1. The van der Waals surface area contributed by atoms with Gasteiger partial charge in [-0.25, -0.2) is 8.42 Å². The molecule has 1 amide bonds.